The van der Waals surface area contributed by atoms with Gasteiger partial charge in [0.1, 0.15) is 5.52 Å². The Morgan fingerprint density at radius 2 is 2.25 bits per heavy atom. The van der Waals surface area contributed by atoms with Crippen molar-refractivity contribution in [1.29, 1.82) is 0 Å². The van der Waals surface area contributed by atoms with E-state index in [0.717, 1.165) is 30.1 Å². The summed E-state index contributed by atoms with van der Waals surface area (Å²) >= 11 is 1.91. The molecule has 106 valence electrons. The summed E-state index contributed by atoms with van der Waals surface area (Å²) in [5.41, 5.74) is 2.34. The molecular formula is C15H18N2O2S. The van der Waals surface area contributed by atoms with E-state index in [4.69, 9.17) is 4.42 Å². The number of carbonyl (C=O) groups excluding carboxylic acids is 1. The minimum absolute atomic E-state index is 0.0333. The number of furan rings is 1. The maximum Gasteiger partial charge on any atom is 0.289 e. The zero-order chi connectivity index (χ0) is 14.3. The van der Waals surface area contributed by atoms with Crippen molar-refractivity contribution in [2.45, 2.75) is 25.5 Å². The zero-order valence-electron chi connectivity index (χ0n) is 12.0. The van der Waals surface area contributed by atoms with Gasteiger partial charge in [-0.15, -0.1) is 0 Å². The summed E-state index contributed by atoms with van der Waals surface area (Å²) in [6.45, 7) is 7.79. The number of hydrogen-bond donors (Lipinski definition) is 0. The van der Waals surface area contributed by atoms with Crippen molar-refractivity contribution in [3.05, 3.63) is 29.7 Å². The monoisotopic (exact) mass is 290 g/mol. The Labute approximate surface area is 122 Å². The second-order valence-corrected chi connectivity index (χ2v) is 7.58. The van der Waals surface area contributed by atoms with E-state index >= 15 is 0 Å². The molecule has 1 amide bonds. The van der Waals surface area contributed by atoms with E-state index in [-0.39, 0.29) is 10.7 Å². The van der Waals surface area contributed by atoms with Crippen molar-refractivity contribution in [1.82, 2.24) is 9.88 Å². The summed E-state index contributed by atoms with van der Waals surface area (Å²) in [6, 6.07) is 5.50. The molecule has 0 N–H and O–H groups in total. The molecule has 0 aliphatic carbocycles. The summed E-state index contributed by atoms with van der Waals surface area (Å²) in [6.07, 6.45) is 0. The molecule has 0 spiro atoms. The number of pyridine rings is 1. The fraction of sp³-hybridized carbons (Fsp3) is 0.467. The first-order chi connectivity index (χ1) is 9.44. The molecule has 1 aliphatic heterocycles. The largest absolute Gasteiger partial charge is 0.449 e. The summed E-state index contributed by atoms with van der Waals surface area (Å²) in [5, 5.41) is 0. The number of carbonyl (C=O) groups is 1. The summed E-state index contributed by atoms with van der Waals surface area (Å²) < 4.78 is 5.75. The topological polar surface area (TPSA) is 46.3 Å². The average Bonchev–Trinajstić information content (AvgIpc) is 2.79. The standard InChI is InChI=1S/C15H18N2O2S/c1-10-4-5-12-11(16-10)8-13(19-12)14(18)17-6-7-20-15(2,3)9-17/h4-5,8H,6-7,9H2,1-3H3. The van der Waals surface area contributed by atoms with Crippen LogP contribution in [-0.4, -0.2) is 39.4 Å². The smallest absolute Gasteiger partial charge is 0.289 e. The quantitative estimate of drug-likeness (QED) is 0.809. The molecule has 0 aromatic carbocycles. The highest BCUT2D eigenvalue weighted by molar-refractivity contribution is 8.00. The van der Waals surface area contributed by atoms with Gasteiger partial charge in [-0.2, -0.15) is 11.8 Å². The van der Waals surface area contributed by atoms with Crippen LogP contribution in [0.1, 0.15) is 30.1 Å². The Morgan fingerprint density at radius 3 is 3.00 bits per heavy atom. The maximum absolute atomic E-state index is 12.5. The molecule has 1 aliphatic rings. The Hall–Kier alpha value is -1.49. The molecule has 0 unspecified atom stereocenters. The number of hydrogen-bond acceptors (Lipinski definition) is 4. The first-order valence-corrected chi connectivity index (χ1v) is 7.74. The number of amides is 1. The first-order valence-electron chi connectivity index (χ1n) is 6.75. The molecule has 0 bridgehead atoms. The van der Waals surface area contributed by atoms with Crippen LogP contribution in [0.15, 0.2) is 22.6 Å². The maximum atomic E-state index is 12.5. The van der Waals surface area contributed by atoms with Gasteiger partial charge in [-0.1, -0.05) is 0 Å². The van der Waals surface area contributed by atoms with E-state index in [9.17, 15) is 4.79 Å². The average molecular weight is 290 g/mol. The van der Waals surface area contributed by atoms with Crippen LogP contribution in [0.25, 0.3) is 11.1 Å². The SMILES string of the molecule is Cc1ccc2oc(C(=O)N3CCSC(C)(C)C3)cc2n1. The normalized spacial score (nSPS) is 18.4. The van der Waals surface area contributed by atoms with Crippen LogP contribution >= 0.6 is 11.8 Å². The van der Waals surface area contributed by atoms with Crippen LogP contribution in [0.4, 0.5) is 0 Å². The lowest BCUT2D eigenvalue weighted by Crippen LogP contribution is -2.46. The van der Waals surface area contributed by atoms with Gasteiger partial charge < -0.3 is 9.32 Å². The summed E-state index contributed by atoms with van der Waals surface area (Å²) in [4.78, 5) is 18.8. The molecule has 2 aromatic heterocycles. The molecule has 5 heteroatoms. The Bertz CT molecular complexity index is 663. The highest BCUT2D eigenvalue weighted by Crippen LogP contribution is 2.30. The van der Waals surface area contributed by atoms with Crippen molar-refractivity contribution in [3.8, 4) is 0 Å². The Balaban J connectivity index is 1.88. The highest BCUT2D eigenvalue weighted by atomic mass is 32.2. The lowest BCUT2D eigenvalue weighted by Gasteiger charge is -2.37. The van der Waals surface area contributed by atoms with E-state index in [1.807, 2.05) is 35.7 Å². The zero-order valence-corrected chi connectivity index (χ0v) is 12.8. The van der Waals surface area contributed by atoms with Crippen molar-refractivity contribution >= 4 is 28.8 Å². The van der Waals surface area contributed by atoms with Gasteiger partial charge in [0.15, 0.2) is 11.3 Å². The predicted molar refractivity (Wildman–Crippen MR) is 81.2 cm³/mol. The molecule has 2 aromatic rings. The van der Waals surface area contributed by atoms with Gasteiger partial charge in [0.2, 0.25) is 0 Å². The number of thioether (sulfide) groups is 1. The van der Waals surface area contributed by atoms with Crippen LogP contribution in [0.2, 0.25) is 0 Å². The van der Waals surface area contributed by atoms with Gasteiger partial charge in [0.25, 0.3) is 5.91 Å². The predicted octanol–water partition coefficient (Wildman–Crippen LogP) is 3.10. The van der Waals surface area contributed by atoms with Gasteiger partial charge >= 0.3 is 0 Å². The fourth-order valence-corrected chi connectivity index (χ4v) is 3.59. The van der Waals surface area contributed by atoms with Crippen molar-refractivity contribution in [2.75, 3.05) is 18.8 Å². The third-order valence-electron chi connectivity index (χ3n) is 3.44. The van der Waals surface area contributed by atoms with Gasteiger partial charge in [-0.05, 0) is 32.9 Å². The van der Waals surface area contributed by atoms with Crippen LogP contribution < -0.4 is 0 Å². The van der Waals surface area contributed by atoms with E-state index in [0.29, 0.717) is 11.3 Å². The lowest BCUT2D eigenvalue weighted by molar-refractivity contribution is 0.0718. The second-order valence-electron chi connectivity index (χ2n) is 5.78. The van der Waals surface area contributed by atoms with Crippen LogP contribution in [0.5, 0.6) is 0 Å². The molecule has 0 saturated carbocycles. The fourth-order valence-electron chi connectivity index (χ4n) is 2.48. The molecule has 0 atom stereocenters. The molecule has 3 rings (SSSR count). The molecule has 1 fully saturated rings. The molecule has 0 radical (unpaired) electrons. The highest BCUT2D eigenvalue weighted by Gasteiger charge is 2.31. The van der Waals surface area contributed by atoms with Crippen LogP contribution in [0, 0.1) is 6.92 Å². The number of nitrogens with zero attached hydrogens (tertiary/aromatic N) is 2. The third-order valence-corrected chi connectivity index (χ3v) is 4.73. The van der Waals surface area contributed by atoms with Gasteiger partial charge in [0, 0.05) is 35.3 Å². The third kappa shape index (κ3) is 2.54. The van der Waals surface area contributed by atoms with E-state index < -0.39 is 0 Å². The Kier molecular flexibility index (Phi) is 3.24. The van der Waals surface area contributed by atoms with Crippen molar-refractivity contribution in [3.63, 3.8) is 0 Å². The van der Waals surface area contributed by atoms with Gasteiger partial charge in [-0.3, -0.25) is 4.79 Å². The summed E-state index contributed by atoms with van der Waals surface area (Å²) in [5.74, 6) is 1.32. The minimum atomic E-state index is -0.0333. The number of fused-ring (bicyclic) bond motifs is 1. The minimum Gasteiger partial charge on any atom is -0.449 e. The lowest BCUT2D eigenvalue weighted by atomic mass is 10.2. The van der Waals surface area contributed by atoms with Gasteiger partial charge in [-0.25, -0.2) is 4.98 Å². The molecule has 3 heterocycles. The number of aryl methyl sites for hydroxylation is 1. The van der Waals surface area contributed by atoms with Gasteiger partial charge in [0.05, 0.1) is 0 Å². The first kappa shape index (κ1) is 13.5. The van der Waals surface area contributed by atoms with Crippen LogP contribution in [0.3, 0.4) is 0 Å². The number of rotatable bonds is 1. The Morgan fingerprint density at radius 1 is 1.45 bits per heavy atom. The molecular weight excluding hydrogens is 272 g/mol. The second kappa shape index (κ2) is 4.81. The van der Waals surface area contributed by atoms with E-state index in [1.165, 1.54) is 0 Å². The van der Waals surface area contributed by atoms with Crippen molar-refractivity contribution < 1.29 is 9.21 Å². The molecule has 20 heavy (non-hydrogen) atoms. The van der Waals surface area contributed by atoms with Crippen LogP contribution in [-0.2, 0) is 0 Å². The van der Waals surface area contributed by atoms with E-state index in [1.54, 1.807) is 6.07 Å². The number of aromatic nitrogens is 1. The molecule has 1 saturated heterocycles. The van der Waals surface area contributed by atoms with E-state index in [2.05, 4.69) is 18.8 Å². The summed E-state index contributed by atoms with van der Waals surface area (Å²) in [7, 11) is 0. The molecule has 4 nitrogen and oxygen atoms in total. The van der Waals surface area contributed by atoms with Crippen molar-refractivity contribution in [2.24, 2.45) is 0 Å².